The summed E-state index contributed by atoms with van der Waals surface area (Å²) in [6.07, 6.45) is 2.04. The van der Waals surface area contributed by atoms with Crippen LogP contribution in [0.15, 0.2) is 39.6 Å². The summed E-state index contributed by atoms with van der Waals surface area (Å²) in [5.41, 5.74) is 2.74. The van der Waals surface area contributed by atoms with Crippen LogP contribution in [0, 0.1) is 0 Å². The summed E-state index contributed by atoms with van der Waals surface area (Å²) in [6.45, 7) is 6.07. The second-order valence-electron chi connectivity index (χ2n) is 6.17. The van der Waals surface area contributed by atoms with Crippen LogP contribution in [0.25, 0.3) is 16.8 Å². The second-order valence-corrected chi connectivity index (χ2v) is 8.29. The largest absolute Gasteiger partial charge is 1.00 e. The average Bonchev–Trinajstić information content (AvgIpc) is 2.73. The molecule has 0 saturated heterocycles. The van der Waals surface area contributed by atoms with Crippen molar-refractivity contribution in [3.63, 3.8) is 0 Å². The van der Waals surface area contributed by atoms with Crippen LogP contribution in [-0.2, 0) is 24.9 Å². The Labute approximate surface area is 241 Å². The minimum absolute atomic E-state index is 0. The minimum Gasteiger partial charge on any atom is -0.744 e. The Kier molecular flexibility index (Phi) is 9.73. The van der Waals surface area contributed by atoms with Gasteiger partial charge in [-0.15, -0.1) is 0 Å². The van der Waals surface area contributed by atoms with Crippen molar-refractivity contribution < 1.29 is 130 Å². The molecular weight excluding hydrogens is 431 g/mol. The SMILES string of the molecule is CC1=Cc2ccc3c(SOO[O-])cc(S(=O)(=O)[O-])cc3c2C1(C)C.[K+].[K+]. The molecule has 10 heteroatoms. The summed E-state index contributed by atoms with van der Waals surface area (Å²) in [7, 11) is -4.66. The predicted molar refractivity (Wildman–Crippen MR) is 86.6 cm³/mol. The first-order valence-electron chi connectivity index (χ1n) is 7.05. The van der Waals surface area contributed by atoms with Crippen molar-refractivity contribution in [2.75, 3.05) is 0 Å². The number of allylic oxidation sites excluding steroid dienone is 1. The normalized spacial score (nSPS) is 15.0. The number of hydrogen-bond acceptors (Lipinski definition) is 7. The topological polar surface area (TPSA) is 98.7 Å². The predicted octanol–water partition coefficient (Wildman–Crippen LogP) is -3.32. The molecule has 128 valence electrons. The van der Waals surface area contributed by atoms with E-state index < -0.39 is 10.1 Å². The molecule has 0 saturated carbocycles. The van der Waals surface area contributed by atoms with E-state index >= 15 is 0 Å². The van der Waals surface area contributed by atoms with E-state index in [1.54, 1.807) is 6.07 Å². The van der Waals surface area contributed by atoms with Gasteiger partial charge >= 0.3 is 103 Å². The van der Waals surface area contributed by atoms with Gasteiger partial charge in [-0.2, -0.15) is 4.33 Å². The minimum atomic E-state index is -4.66. The molecule has 0 bridgehead atoms. The van der Waals surface area contributed by atoms with Gasteiger partial charge in [-0.05, 0) is 41.0 Å². The van der Waals surface area contributed by atoms with Crippen LogP contribution >= 0.6 is 12.0 Å². The van der Waals surface area contributed by atoms with E-state index in [0.717, 1.165) is 16.7 Å². The molecule has 2 aromatic rings. The van der Waals surface area contributed by atoms with Crippen LogP contribution < -0.4 is 108 Å². The molecule has 6 nitrogen and oxygen atoms in total. The van der Waals surface area contributed by atoms with E-state index in [1.165, 1.54) is 12.1 Å². The van der Waals surface area contributed by atoms with E-state index in [0.29, 0.717) is 27.7 Å². The molecule has 0 fully saturated rings. The third-order valence-electron chi connectivity index (χ3n) is 4.53. The fraction of sp³-hybridized carbons (Fsp3) is 0.250. The molecule has 0 N–H and O–H groups in total. The van der Waals surface area contributed by atoms with Gasteiger partial charge in [-0.3, -0.25) is 5.04 Å². The molecule has 0 atom stereocenters. The number of hydrogen-bond donors (Lipinski definition) is 0. The van der Waals surface area contributed by atoms with Gasteiger partial charge in [0.05, 0.1) is 16.9 Å². The maximum absolute atomic E-state index is 11.5. The zero-order chi connectivity index (χ0) is 17.7. The second kappa shape index (κ2) is 9.77. The van der Waals surface area contributed by atoms with E-state index in [4.69, 9.17) is 0 Å². The summed E-state index contributed by atoms with van der Waals surface area (Å²) in [5.74, 6) is 0. The smallest absolute Gasteiger partial charge is 0.744 e. The van der Waals surface area contributed by atoms with E-state index in [1.807, 2.05) is 32.9 Å². The van der Waals surface area contributed by atoms with Crippen LogP contribution in [-0.4, -0.2) is 13.0 Å². The number of fused-ring (bicyclic) bond motifs is 3. The zero-order valence-electron chi connectivity index (χ0n) is 15.2. The Balaban J connectivity index is 0.00000169. The Morgan fingerprint density at radius 3 is 2.35 bits per heavy atom. The summed E-state index contributed by atoms with van der Waals surface area (Å²) in [4.78, 5) is -0.0540. The van der Waals surface area contributed by atoms with Crippen molar-refractivity contribution in [3.05, 3.63) is 41.0 Å². The van der Waals surface area contributed by atoms with E-state index in [-0.39, 0.29) is 113 Å². The van der Waals surface area contributed by atoms with Crippen molar-refractivity contribution in [2.45, 2.75) is 36.0 Å². The molecule has 3 rings (SSSR count). The van der Waals surface area contributed by atoms with Gasteiger partial charge in [0.2, 0.25) is 0 Å². The molecule has 0 aromatic heterocycles. The van der Waals surface area contributed by atoms with Crippen molar-refractivity contribution >= 4 is 39.0 Å². The zero-order valence-corrected chi connectivity index (χ0v) is 23.0. The maximum atomic E-state index is 11.5. The molecule has 26 heavy (non-hydrogen) atoms. The van der Waals surface area contributed by atoms with Gasteiger partial charge in [0.25, 0.3) is 0 Å². The first-order valence-corrected chi connectivity index (χ1v) is 9.20. The Morgan fingerprint density at radius 1 is 1.12 bits per heavy atom. The Hall–Kier alpha value is 1.85. The van der Waals surface area contributed by atoms with Crippen LogP contribution in [0.3, 0.4) is 0 Å². The number of rotatable bonds is 4. The molecule has 0 radical (unpaired) electrons. The summed E-state index contributed by atoms with van der Waals surface area (Å²) in [6, 6.07) is 6.29. The van der Waals surface area contributed by atoms with E-state index in [9.17, 15) is 18.2 Å². The third kappa shape index (κ3) is 4.94. The van der Waals surface area contributed by atoms with Crippen molar-refractivity contribution in [1.82, 2.24) is 0 Å². The van der Waals surface area contributed by atoms with Crippen molar-refractivity contribution in [1.29, 1.82) is 0 Å². The van der Waals surface area contributed by atoms with Crippen LogP contribution in [0.2, 0.25) is 0 Å². The monoisotopic (exact) mass is 444 g/mol. The summed E-state index contributed by atoms with van der Waals surface area (Å²) < 4.78 is 38.9. The number of benzene rings is 2. The van der Waals surface area contributed by atoms with Crippen LogP contribution in [0.4, 0.5) is 0 Å². The molecule has 0 amide bonds. The van der Waals surface area contributed by atoms with Gasteiger partial charge in [-0.25, -0.2) is 8.42 Å². The van der Waals surface area contributed by atoms with Gasteiger partial charge in [0, 0.05) is 10.3 Å². The first kappa shape index (κ1) is 25.9. The fourth-order valence-electron chi connectivity index (χ4n) is 3.08. The first-order chi connectivity index (χ1) is 11.2. The Morgan fingerprint density at radius 2 is 1.77 bits per heavy atom. The standard InChI is InChI=1S/C16H16O6S2.2K/c1-9-6-10-4-5-12-13(15(10)16(9,2)3)7-11(24(18,19)20)8-14(12)23-22-21-17;;/h4-8,17H,1-3H3,(H,18,19,20);;/q;2*+1/p-2. The van der Waals surface area contributed by atoms with Crippen molar-refractivity contribution in [3.8, 4) is 0 Å². The molecular formula is C16H14K2O6S2. The summed E-state index contributed by atoms with van der Waals surface area (Å²) >= 11 is 0.572. The van der Waals surface area contributed by atoms with Gasteiger partial charge < -0.3 is 9.81 Å². The molecule has 1 aliphatic carbocycles. The molecule has 2 aromatic carbocycles. The van der Waals surface area contributed by atoms with E-state index in [2.05, 4.69) is 9.37 Å². The van der Waals surface area contributed by atoms with Crippen LogP contribution in [0.1, 0.15) is 31.9 Å². The fourth-order valence-corrected chi connectivity index (χ4v) is 4.23. The molecule has 0 unspecified atom stereocenters. The van der Waals surface area contributed by atoms with Gasteiger partial charge in [-0.1, -0.05) is 37.6 Å². The maximum Gasteiger partial charge on any atom is 1.00 e. The molecule has 0 aliphatic heterocycles. The van der Waals surface area contributed by atoms with Gasteiger partial charge in [0.15, 0.2) is 0 Å². The molecule has 1 aliphatic rings. The van der Waals surface area contributed by atoms with Gasteiger partial charge in [0.1, 0.15) is 10.1 Å². The van der Waals surface area contributed by atoms with Crippen molar-refractivity contribution in [2.24, 2.45) is 0 Å². The van der Waals surface area contributed by atoms with Crippen LogP contribution in [0.5, 0.6) is 0 Å². The Bertz CT molecular complexity index is 970. The molecule has 0 spiro atoms. The summed E-state index contributed by atoms with van der Waals surface area (Å²) in [5, 5.41) is 14.8. The molecule has 0 heterocycles. The third-order valence-corrected chi connectivity index (χ3v) is 5.98. The average molecular weight is 445 g/mol. The quantitative estimate of drug-likeness (QED) is 0.160.